The highest BCUT2D eigenvalue weighted by Gasteiger charge is 2.32. The van der Waals surface area contributed by atoms with Crippen LogP contribution in [0.3, 0.4) is 0 Å². The molecule has 0 bridgehead atoms. The minimum atomic E-state index is -0.0323. The second-order valence-corrected chi connectivity index (χ2v) is 5.90. The number of nitrogens with two attached hydrogens (primary N) is 1. The largest absolute Gasteiger partial charge is 0.489 e. The van der Waals surface area contributed by atoms with Gasteiger partial charge in [-0.3, -0.25) is 4.98 Å². The summed E-state index contributed by atoms with van der Waals surface area (Å²) in [5, 5.41) is 0.928. The monoisotopic (exact) mass is 272 g/mol. The molecule has 1 aromatic heterocycles. The minimum absolute atomic E-state index is 0.0323. The van der Waals surface area contributed by atoms with Crippen LogP contribution in [-0.2, 0) is 4.74 Å². The molecular formula is C16H20N2O2. The van der Waals surface area contributed by atoms with Crippen LogP contribution in [0.5, 0.6) is 5.75 Å². The Kier molecular flexibility index (Phi) is 3.26. The fourth-order valence-corrected chi connectivity index (χ4v) is 2.66. The second kappa shape index (κ2) is 4.94. The van der Waals surface area contributed by atoms with E-state index in [-0.39, 0.29) is 11.7 Å². The first kappa shape index (κ1) is 13.2. The van der Waals surface area contributed by atoms with Crippen molar-refractivity contribution in [2.75, 3.05) is 12.3 Å². The normalized spacial score (nSPS) is 21.2. The van der Waals surface area contributed by atoms with Gasteiger partial charge in [0, 0.05) is 17.3 Å². The Morgan fingerprint density at radius 1 is 1.40 bits per heavy atom. The van der Waals surface area contributed by atoms with Gasteiger partial charge in [-0.1, -0.05) is 0 Å². The Hall–Kier alpha value is -1.81. The highest BCUT2D eigenvalue weighted by Crippen LogP contribution is 2.31. The maximum atomic E-state index is 5.96. The van der Waals surface area contributed by atoms with Crippen molar-refractivity contribution in [3.8, 4) is 5.75 Å². The first-order valence-electron chi connectivity index (χ1n) is 6.99. The molecule has 1 saturated heterocycles. The number of ether oxygens (including phenoxy) is 2. The van der Waals surface area contributed by atoms with E-state index in [0.29, 0.717) is 6.61 Å². The molecule has 2 aromatic rings. The number of fused-ring (bicyclic) bond motifs is 1. The molecule has 1 aromatic carbocycles. The molecule has 4 nitrogen and oxygen atoms in total. The summed E-state index contributed by atoms with van der Waals surface area (Å²) in [6.45, 7) is 4.79. The number of rotatable bonds is 3. The summed E-state index contributed by atoms with van der Waals surface area (Å²) >= 11 is 0. The van der Waals surface area contributed by atoms with E-state index in [0.717, 1.165) is 35.2 Å². The van der Waals surface area contributed by atoms with E-state index in [1.807, 2.05) is 24.3 Å². The van der Waals surface area contributed by atoms with Gasteiger partial charge >= 0.3 is 0 Å². The predicted octanol–water partition coefficient (Wildman–Crippen LogP) is 3.15. The summed E-state index contributed by atoms with van der Waals surface area (Å²) in [6.07, 6.45) is 4.01. The lowest BCUT2D eigenvalue weighted by Gasteiger charge is -2.19. The zero-order chi connectivity index (χ0) is 14.2. The number of hydrogen-bond donors (Lipinski definition) is 1. The Labute approximate surface area is 118 Å². The van der Waals surface area contributed by atoms with Crippen LogP contribution in [0.4, 0.5) is 5.69 Å². The maximum absolute atomic E-state index is 5.96. The van der Waals surface area contributed by atoms with Gasteiger partial charge in [0.2, 0.25) is 0 Å². The average Bonchev–Trinajstić information content (AvgIpc) is 2.78. The van der Waals surface area contributed by atoms with Crippen molar-refractivity contribution in [2.24, 2.45) is 0 Å². The third kappa shape index (κ3) is 2.56. The van der Waals surface area contributed by atoms with Crippen molar-refractivity contribution in [2.45, 2.75) is 38.4 Å². The Bertz CT molecular complexity index is 625. The van der Waals surface area contributed by atoms with Gasteiger partial charge in [-0.05, 0) is 51.0 Å². The summed E-state index contributed by atoms with van der Waals surface area (Å²) < 4.78 is 11.8. The van der Waals surface area contributed by atoms with Crippen molar-refractivity contribution in [3.05, 3.63) is 30.5 Å². The van der Waals surface area contributed by atoms with Gasteiger partial charge in [0.25, 0.3) is 0 Å². The van der Waals surface area contributed by atoms with E-state index in [4.69, 9.17) is 15.2 Å². The third-order valence-corrected chi connectivity index (χ3v) is 3.75. The molecule has 2 heterocycles. The lowest BCUT2D eigenvalue weighted by Crippen LogP contribution is -2.23. The zero-order valence-corrected chi connectivity index (χ0v) is 11.9. The van der Waals surface area contributed by atoms with Gasteiger partial charge in [0.05, 0.1) is 11.7 Å². The van der Waals surface area contributed by atoms with Gasteiger partial charge in [0.1, 0.15) is 17.9 Å². The summed E-state index contributed by atoms with van der Waals surface area (Å²) in [5.41, 5.74) is 7.46. The number of aromatic nitrogens is 1. The topological polar surface area (TPSA) is 57.4 Å². The number of anilines is 1. The van der Waals surface area contributed by atoms with Crippen LogP contribution < -0.4 is 10.5 Å². The van der Waals surface area contributed by atoms with E-state index in [2.05, 4.69) is 18.8 Å². The van der Waals surface area contributed by atoms with Crippen LogP contribution in [0.2, 0.25) is 0 Å². The van der Waals surface area contributed by atoms with Gasteiger partial charge in [-0.2, -0.15) is 0 Å². The van der Waals surface area contributed by atoms with Crippen molar-refractivity contribution in [1.29, 1.82) is 0 Å². The Morgan fingerprint density at radius 3 is 3.00 bits per heavy atom. The van der Waals surface area contributed by atoms with Crippen molar-refractivity contribution in [3.63, 3.8) is 0 Å². The summed E-state index contributed by atoms with van der Waals surface area (Å²) in [4.78, 5) is 4.37. The van der Waals surface area contributed by atoms with Crippen LogP contribution in [0.1, 0.15) is 26.7 Å². The molecule has 1 fully saturated rings. The molecule has 0 saturated carbocycles. The highest BCUT2D eigenvalue weighted by atomic mass is 16.6. The molecule has 20 heavy (non-hydrogen) atoms. The summed E-state index contributed by atoms with van der Waals surface area (Å²) in [6, 6.07) is 7.58. The summed E-state index contributed by atoms with van der Waals surface area (Å²) in [7, 11) is 0. The zero-order valence-electron chi connectivity index (χ0n) is 11.9. The number of hydrogen-bond acceptors (Lipinski definition) is 4. The fourth-order valence-electron chi connectivity index (χ4n) is 2.66. The molecule has 1 atom stereocenters. The predicted molar refractivity (Wildman–Crippen MR) is 79.8 cm³/mol. The van der Waals surface area contributed by atoms with Gasteiger partial charge in [0.15, 0.2) is 0 Å². The number of nitrogens with zero attached hydrogens (tertiary/aromatic N) is 1. The van der Waals surface area contributed by atoms with Gasteiger partial charge in [-0.15, -0.1) is 0 Å². The number of nitrogen functional groups attached to an aromatic ring is 1. The Morgan fingerprint density at radius 2 is 2.25 bits per heavy atom. The molecule has 1 aliphatic rings. The molecule has 0 radical (unpaired) electrons. The standard InChI is InChI=1S/C16H20N2O2/c1-16(2)8-7-11(20-16)10-19-14-6-5-13(17)12-4-3-9-18-15(12)14/h3-6,9,11H,7-8,10,17H2,1-2H3. The van der Waals surface area contributed by atoms with Crippen molar-refractivity contribution in [1.82, 2.24) is 4.98 Å². The maximum Gasteiger partial charge on any atom is 0.145 e. The van der Waals surface area contributed by atoms with Gasteiger partial charge < -0.3 is 15.2 Å². The molecule has 0 spiro atoms. The van der Waals surface area contributed by atoms with Crippen LogP contribution in [0.15, 0.2) is 30.5 Å². The van der Waals surface area contributed by atoms with Crippen molar-refractivity contribution < 1.29 is 9.47 Å². The van der Waals surface area contributed by atoms with E-state index in [1.165, 1.54) is 0 Å². The van der Waals surface area contributed by atoms with Crippen LogP contribution in [-0.4, -0.2) is 23.3 Å². The molecule has 4 heteroatoms. The molecule has 0 aliphatic carbocycles. The van der Waals surface area contributed by atoms with Crippen LogP contribution in [0, 0.1) is 0 Å². The molecule has 0 amide bonds. The van der Waals surface area contributed by atoms with Crippen LogP contribution in [0.25, 0.3) is 10.9 Å². The first-order valence-corrected chi connectivity index (χ1v) is 6.99. The molecule has 1 unspecified atom stereocenters. The smallest absolute Gasteiger partial charge is 0.145 e. The minimum Gasteiger partial charge on any atom is -0.489 e. The first-order chi connectivity index (χ1) is 9.55. The van der Waals surface area contributed by atoms with Crippen molar-refractivity contribution >= 4 is 16.6 Å². The molecule has 1 aliphatic heterocycles. The Balaban J connectivity index is 1.77. The summed E-state index contributed by atoms with van der Waals surface area (Å²) in [5.74, 6) is 0.767. The van der Waals surface area contributed by atoms with Gasteiger partial charge in [-0.25, -0.2) is 0 Å². The quantitative estimate of drug-likeness (QED) is 0.872. The molecular weight excluding hydrogens is 252 g/mol. The average molecular weight is 272 g/mol. The van der Waals surface area contributed by atoms with E-state index < -0.39 is 0 Å². The number of benzene rings is 1. The molecule has 106 valence electrons. The van der Waals surface area contributed by atoms with E-state index in [9.17, 15) is 0 Å². The third-order valence-electron chi connectivity index (χ3n) is 3.75. The van der Waals surface area contributed by atoms with E-state index in [1.54, 1.807) is 6.20 Å². The molecule has 2 N–H and O–H groups in total. The SMILES string of the molecule is CC1(C)CCC(COc2ccc(N)c3cccnc23)O1. The number of pyridine rings is 1. The molecule has 3 rings (SSSR count). The van der Waals surface area contributed by atoms with Crippen LogP contribution >= 0.6 is 0 Å². The second-order valence-electron chi connectivity index (χ2n) is 5.90. The lowest BCUT2D eigenvalue weighted by molar-refractivity contribution is -0.0324. The fraction of sp³-hybridized carbons (Fsp3) is 0.438. The lowest BCUT2D eigenvalue weighted by atomic mass is 10.1. The van der Waals surface area contributed by atoms with E-state index >= 15 is 0 Å². The highest BCUT2D eigenvalue weighted by molar-refractivity contribution is 5.94.